The first-order chi connectivity index (χ1) is 10.6. The van der Waals surface area contributed by atoms with Crippen molar-refractivity contribution in [1.29, 1.82) is 0 Å². The number of hydrogen-bond donors (Lipinski definition) is 1. The predicted molar refractivity (Wildman–Crippen MR) is 86.7 cm³/mol. The van der Waals surface area contributed by atoms with Gasteiger partial charge in [-0.1, -0.05) is 22.0 Å². The van der Waals surface area contributed by atoms with Gasteiger partial charge in [0.05, 0.1) is 0 Å². The zero-order valence-corrected chi connectivity index (χ0v) is 13.5. The molecule has 1 aliphatic carbocycles. The third-order valence-electron chi connectivity index (χ3n) is 3.63. The smallest absolute Gasteiger partial charge is 0.262 e. The fourth-order valence-corrected chi connectivity index (χ4v) is 2.92. The van der Waals surface area contributed by atoms with Gasteiger partial charge in [-0.25, -0.2) is 4.39 Å². The van der Waals surface area contributed by atoms with Crippen LogP contribution in [0.4, 0.5) is 10.1 Å². The monoisotopic (exact) mass is 363 g/mol. The number of carbonyl (C=O) groups excluding carboxylic acids is 1. The molecule has 22 heavy (non-hydrogen) atoms. The van der Waals surface area contributed by atoms with Gasteiger partial charge in [0.2, 0.25) is 0 Å². The summed E-state index contributed by atoms with van der Waals surface area (Å²) in [6.07, 6.45) is 3.33. The maximum Gasteiger partial charge on any atom is 0.262 e. The van der Waals surface area contributed by atoms with E-state index in [1.807, 2.05) is 18.2 Å². The fourth-order valence-electron chi connectivity index (χ4n) is 2.58. The molecule has 3 rings (SSSR count). The van der Waals surface area contributed by atoms with Gasteiger partial charge in [-0.05, 0) is 60.7 Å². The molecule has 5 heteroatoms. The number of benzene rings is 2. The maximum absolute atomic E-state index is 13.6. The number of hydrogen-bond acceptors (Lipinski definition) is 2. The summed E-state index contributed by atoms with van der Waals surface area (Å²) in [7, 11) is 0. The molecule has 0 bridgehead atoms. The van der Waals surface area contributed by atoms with Crippen molar-refractivity contribution in [2.24, 2.45) is 0 Å². The lowest BCUT2D eigenvalue weighted by molar-refractivity contribution is -0.118. The van der Waals surface area contributed by atoms with Gasteiger partial charge in [0.15, 0.2) is 18.2 Å². The van der Waals surface area contributed by atoms with Crippen molar-refractivity contribution in [2.75, 3.05) is 11.9 Å². The minimum Gasteiger partial charge on any atom is -0.481 e. The highest BCUT2D eigenvalue weighted by Gasteiger charge is 2.12. The average Bonchev–Trinajstić information content (AvgIpc) is 2.94. The number of rotatable bonds is 4. The summed E-state index contributed by atoms with van der Waals surface area (Å²) < 4.78 is 19.4. The number of fused-ring (bicyclic) bond motifs is 1. The second-order valence-corrected chi connectivity index (χ2v) is 6.16. The van der Waals surface area contributed by atoms with Crippen LogP contribution in [0.15, 0.2) is 40.9 Å². The van der Waals surface area contributed by atoms with E-state index in [1.165, 1.54) is 29.7 Å². The highest BCUT2D eigenvalue weighted by atomic mass is 79.9. The molecule has 114 valence electrons. The van der Waals surface area contributed by atoms with Crippen molar-refractivity contribution < 1.29 is 13.9 Å². The van der Waals surface area contributed by atoms with Crippen LogP contribution in [0.1, 0.15) is 17.5 Å². The maximum atomic E-state index is 13.6. The molecule has 0 radical (unpaired) electrons. The lowest BCUT2D eigenvalue weighted by atomic mass is 10.1. The van der Waals surface area contributed by atoms with Gasteiger partial charge in [-0.3, -0.25) is 4.79 Å². The molecule has 0 fully saturated rings. The van der Waals surface area contributed by atoms with Crippen LogP contribution in [-0.4, -0.2) is 12.5 Å². The van der Waals surface area contributed by atoms with Crippen LogP contribution >= 0.6 is 15.9 Å². The molecular weight excluding hydrogens is 349 g/mol. The van der Waals surface area contributed by atoms with E-state index in [4.69, 9.17) is 4.74 Å². The Labute approximate surface area is 136 Å². The van der Waals surface area contributed by atoms with Crippen molar-refractivity contribution in [3.05, 3.63) is 57.8 Å². The van der Waals surface area contributed by atoms with E-state index in [-0.39, 0.29) is 18.3 Å². The largest absolute Gasteiger partial charge is 0.481 e. The van der Waals surface area contributed by atoms with Crippen molar-refractivity contribution in [3.63, 3.8) is 0 Å². The summed E-state index contributed by atoms with van der Waals surface area (Å²) in [5, 5.41) is 2.78. The minimum atomic E-state index is -0.500. The quantitative estimate of drug-likeness (QED) is 0.887. The molecule has 0 aliphatic heterocycles. The SMILES string of the molecule is O=C(COc1ccc(Br)cc1F)Nc1ccc2c(c1)CCC2. The second kappa shape index (κ2) is 6.48. The first-order valence-electron chi connectivity index (χ1n) is 7.11. The molecule has 3 nitrogen and oxygen atoms in total. The lowest BCUT2D eigenvalue weighted by Crippen LogP contribution is -2.20. The van der Waals surface area contributed by atoms with Gasteiger partial charge in [-0.2, -0.15) is 0 Å². The summed E-state index contributed by atoms with van der Waals surface area (Å²) in [6.45, 7) is -0.227. The Morgan fingerprint density at radius 1 is 1.18 bits per heavy atom. The molecule has 0 spiro atoms. The number of ether oxygens (including phenoxy) is 1. The van der Waals surface area contributed by atoms with Crippen LogP contribution in [0.5, 0.6) is 5.75 Å². The molecule has 0 unspecified atom stereocenters. The third kappa shape index (κ3) is 3.47. The third-order valence-corrected chi connectivity index (χ3v) is 4.13. The van der Waals surface area contributed by atoms with Crippen molar-refractivity contribution in [3.8, 4) is 5.75 Å². The normalized spacial score (nSPS) is 12.8. The van der Waals surface area contributed by atoms with Gasteiger partial charge in [0.1, 0.15) is 0 Å². The lowest BCUT2D eigenvalue weighted by Gasteiger charge is -2.09. The van der Waals surface area contributed by atoms with Gasteiger partial charge in [-0.15, -0.1) is 0 Å². The summed E-state index contributed by atoms with van der Waals surface area (Å²) in [5.74, 6) is -0.743. The molecule has 1 amide bonds. The molecule has 0 saturated heterocycles. The second-order valence-electron chi connectivity index (χ2n) is 5.25. The molecule has 2 aromatic rings. The van der Waals surface area contributed by atoms with Crippen LogP contribution in [0.2, 0.25) is 0 Å². The number of aryl methyl sites for hydroxylation is 2. The molecule has 2 aromatic carbocycles. The van der Waals surface area contributed by atoms with Crippen LogP contribution in [-0.2, 0) is 17.6 Å². The Kier molecular flexibility index (Phi) is 4.43. The molecule has 1 N–H and O–H groups in total. The van der Waals surface area contributed by atoms with E-state index < -0.39 is 5.82 Å². The molecular formula is C17H15BrFNO2. The number of anilines is 1. The predicted octanol–water partition coefficient (Wildman–Crippen LogP) is 4.09. The number of halogens is 2. The van der Waals surface area contributed by atoms with E-state index in [2.05, 4.69) is 21.2 Å². The topological polar surface area (TPSA) is 38.3 Å². The van der Waals surface area contributed by atoms with Gasteiger partial charge >= 0.3 is 0 Å². The Hall–Kier alpha value is -1.88. The molecule has 0 atom stereocenters. The molecule has 0 heterocycles. The highest BCUT2D eigenvalue weighted by molar-refractivity contribution is 9.10. The van der Waals surface area contributed by atoms with Crippen molar-refractivity contribution in [1.82, 2.24) is 0 Å². The standard InChI is InChI=1S/C17H15BrFNO2/c18-13-5-7-16(15(19)9-13)22-10-17(21)20-14-6-4-11-2-1-3-12(11)8-14/h4-9H,1-3,10H2,(H,20,21). The van der Waals surface area contributed by atoms with E-state index in [0.717, 1.165) is 18.5 Å². The Morgan fingerprint density at radius 2 is 2.00 bits per heavy atom. The van der Waals surface area contributed by atoms with Crippen LogP contribution in [0, 0.1) is 5.82 Å². The fraction of sp³-hybridized carbons (Fsp3) is 0.235. The molecule has 0 saturated carbocycles. The van der Waals surface area contributed by atoms with Crippen LogP contribution < -0.4 is 10.1 Å². The highest BCUT2D eigenvalue weighted by Crippen LogP contribution is 2.25. The number of carbonyl (C=O) groups is 1. The first kappa shape index (κ1) is 15.0. The minimum absolute atomic E-state index is 0.0623. The summed E-state index contributed by atoms with van der Waals surface area (Å²) in [6, 6.07) is 10.4. The summed E-state index contributed by atoms with van der Waals surface area (Å²) in [5.41, 5.74) is 3.40. The molecule has 1 aliphatic rings. The van der Waals surface area contributed by atoms with E-state index in [0.29, 0.717) is 4.47 Å². The zero-order valence-electron chi connectivity index (χ0n) is 11.9. The Bertz CT molecular complexity index is 718. The first-order valence-corrected chi connectivity index (χ1v) is 7.90. The number of nitrogens with one attached hydrogen (secondary N) is 1. The van der Waals surface area contributed by atoms with Crippen LogP contribution in [0.3, 0.4) is 0 Å². The van der Waals surface area contributed by atoms with Crippen molar-refractivity contribution >= 4 is 27.5 Å². The van der Waals surface area contributed by atoms with E-state index >= 15 is 0 Å². The summed E-state index contributed by atoms with van der Waals surface area (Å²) in [4.78, 5) is 11.9. The number of amides is 1. The van der Waals surface area contributed by atoms with Crippen LogP contribution in [0.25, 0.3) is 0 Å². The Balaban J connectivity index is 1.58. The van der Waals surface area contributed by atoms with Gasteiger partial charge in [0, 0.05) is 10.2 Å². The molecule has 0 aromatic heterocycles. The van der Waals surface area contributed by atoms with E-state index in [9.17, 15) is 9.18 Å². The Morgan fingerprint density at radius 3 is 2.82 bits per heavy atom. The summed E-state index contributed by atoms with van der Waals surface area (Å²) >= 11 is 3.17. The zero-order chi connectivity index (χ0) is 15.5. The average molecular weight is 364 g/mol. The van der Waals surface area contributed by atoms with Crippen molar-refractivity contribution in [2.45, 2.75) is 19.3 Å². The van der Waals surface area contributed by atoms with Gasteiger partial charge in [0.25, 0.3) is 5.91 Å². The van der Waals surface area contributed by atoms with Gasteiger partial charge < -0.3 is 10.1 Å². The van der Waals surface area contributed by atoms with E-state index in [1.54, 1.807) is 6.07 Å².